The molecule has 0 spiro atoms. The molecule has 0 fully saturated rings. The lowest BCUT2D eigenvalue weighted by molar-refractivity contribution is -0.384. The SMILES string of the molecule is CN(Cc1ncn[nH]1)C(=O)c1cc([N+](=O)[O-])cc(Cl)c1Cl. The molecule has 0 saturated heterocycles. The van der Waals surface area contributed by atoms with Gasteiger partial charge in [0.2, 0.25) is 0 Å². The van der Waals surface area contributed by atoms with Gasteiger partial charge in [0.05, 0.1) is 27.1 Å². The maximum absolute atomic E-state index is 12.3. The third-order valence-corrected chi connectivity index (χ3v) is 3.45. The summed E-state index contributed by atoms with van der Waals surface area (Å²) < 4.78 is 0. The number of nitro groups is 1. The molecule has 21 heavy (non-hydrogen) atoms. The molecule has 0 aliphatic heterocycles. The normalized spacial score (nSPS) is 10.4. The second-order valence-corrected chi connectivity index (χ2v) is 4.92. The van der Waals surface area contributed by atoms with Gasteiger partial charge in [-0.15, -0.1) is 0 Å². The predicted molar refractivity (Wildman–Crippen MR) is 75.3 cm³/mol. The maximum Gasteiger partial charge on any atom is 0.271 e. The molecule has 110 valence electrons. The summed E-state index contributed by atoms with van der Waals surface area (Å²) in [4.78, 5) is 27.7. The number of nitro benzene ring substituents is 1. The van der Waals surface area contributed by atoms with Crippen LogP contribution in [0.4, 0.5) is 5.69 Å². The van der Waals surface area contributed by atoms with E-state index in [2.05, 4.69) is 15.2 Å². The number of hydrogen-bond acceptors (Lipinski definition) is 5. The molecular formula is C11H9Cl2N5O3. The Morgan fingerprint density at radius 1 is 1.48 bits per heavy atom. The molecule has 0 radical (unpaired) electrons. The molecule has 0 bridgehead atoms. The molecule has 0 aliphatic carbocycles. The van der Waals surface area contributed by atoms with Crippen molar-refractivity contribution in [2.75, 3.05) is 7.05 Å². The van der Waals surface area contributed by atoms with Crippen LogP contribution in [0.3, 0.4) is 0 Å². The zero-order chi connectivity index (χ0) is 15.6. The third kappa shape index (κ3) is 3.29. The van der Waals surface area contributed by atoms with Crippen LogP contribution >= 0.6 is 23.2 Å². The van der Waals surface area contributed by atoms with Crippen molar-refractivity contribution in [3.05, 3.63) is 50.0 Å². The Hall–Kier alpha value is -2.19. The van der Waals surface area contributed by atoms with Gasteiger partial charge in [-0.3, -0.25) is 20.0 Å². The van der Waals surface area contributed by atoms with Crippen molar-refractivity contribution in [2.45, 2.75) is 6.54 Å². The molecule has 10 heteroatoms. The number of benzene rings is 1. The first-order chi connectivity index (χ1) is 9.90. The van der Waals surface area contributed by atoms with Crippen molar-refractivity contribution in [3.63, 3.8) is 0 Å². The first-order valence-electron chi connectivity index (χ1n) is 5.63. The molecule has 0 atom stereocenters. The number of aromatic amines is 1. The van der Waals surface area contributed by atoms with E-state index < -0.39 is 10.8 Å². The monoisotopic (exact) mass is 329 g/mol. The van der Waals surface area contributed by atoms with Gasteiger partial charge in [0.1, 0.15) is 12.2 Å². The number of nitrogens with zero attached hydrogens (tertiary/aromatic N) is 4. The minimum Gasteiger partial charge on any atom is -0.334 e. The maximum atomic E-state index is 12.3. The van der Waals surface area contributed by atoms with Crippen molar-refractivity contribution in [1.82, 2.24) is 20.1 Å². The molecule has 0 unspecified atom stereocenters. The number of H-pyrrole nitrogens is 1. The average molecular weight is 330 g/mol. The van der Waals surface area contributed by atoms with Crippen molar-refractivity contribution < 1.29 is 9.72 Å². The van der Waals surface area contributed by atoms with Gasteiger partial charge in [0.15, 0.2) is 0 Å². The molecule has 0 aliphatic rings. The molecule has 1 N–H and O–H groups in total. The molecular weight excluding hydrogens is 321 g/mol. The van der Waals surface area contributed by atoms with Gasteiger partial charge in [0, 0.05) is 19.2 Å². The first kappa shape index (κ1) is 15.2. The molecule has 1 aromatic carbocycles. The van der Waals surface area contributed by atoms with Crippen LogP contribution in [0.5, 0.6) is 0 Å². The standard InChI is InChI=1S/C11H9Cl2N5O3/c1-17(4-9-14-5-15-16-9)11(19)7-2-6(18(20)21)3-8(12)10(7)13/h2-3,5H,4H2,1H3,(H,14,15,16). The van der Waals surface area contributed by atoms with Crippen LogP contribution in [0, 0.1) is 10.1 Å². The average Bonchev–Trinajstić information content (AvgIpc) is 2.93. The Kier molecular flexibility index (Phi) is 4.39. The van der Waals surface area contributed by atoms with E-state index in [1.165, 1.54) is 18.3 Å². The third-order valence-electron chi connectivity index (χ3n) is 2.65. The summed E-state index contributed by atoms with van der Waals surface area (Å²) in [6, 6.07) is 2.19. The van der Waals surface area contributed by atoms with Crippen molar-refractivity contribution >= 4 is 34.8 Å². The van der Waals surface area contributed by atoms with Gasteiger partial charge < -0.3 is 4.90 Å². The van der Waals surface area contributed by atoms with Crippen LogP contribution in [0.2, 0.25) is 10.0 Å². The molecule has 8 nitrogen and oxygen atoms in total. The van der Waals surface area contributed by atoms with Crippen LogP contribution in [-0.2, 0) is 6.54 Å². The number of amides is 1. The van der Waals surface area contributed by atoms with E-state index in [1.54, 1.807) is 0 Å². The van der Waals surface area contributed by atoms with Gasteiger partial charge in [-0.1, -0.05) is 23.2 Å². The molecule has 2 aromatic rings. The molecule has 1 heterocycles. The van der Waals surface area contributed by atoms with Gasteiger partial charge in [-0.25, -0.2) is 4.98 Å². The lowest BCUT2D eigenvalue weighted by Crippen LogP contribution is -2.27. The van der Waals surface area contributed by atoms with Crippen LogP contribution in [0.15, 0.2) is 18.5 Å². The lowest BCUT2D eigenvalue weighted by Gasteiger charge is -2.16. The number of aromatic nitrogens is 3. The summed E-state index contributed by atoms with van der Waals surface area (Å²) in [5.41, 5.74) is -0.348. The summed E-state index contributed by atoms with van der Waals surface area (Å²) in [6.45, 7) is 0.148. The second kappa shape index (κ2) is 6.06. The van der Waals surface area contributed by atoms with Crippen LogP contribution < -0.4 is 0 Å². The van der Waals surface area contributed by atoms with E-state index >= 15 is 0 Å². The highest BCUT2D eigenvalue weighted by Gasteiger charge is 2.22. The van der Waals surface area contributed by atoms with Gasteiger partial charge >= 0.3 is 0 Å². The van der Waals surface area contributed by atoms with Crippen LogP contribution in [0.25, 0.3) is 0 Å². The Bertz CT molecular complexity index is 689. The van der Waals surface area contributed by atoms with Crippen molar-refractivity contribution in [1.29, 1.82) is 0 Å². The quantitative estimate of drug-likeness (QED) is 0.684. The van der Waals surface area contributed by atoms with Crippen molar-refractivity contribution in [2.24, 2.45) is 0 Å². The van der Waals surface area contributed by atoms with Gasteiger partial charge in [0.25, 0.3) is 11.6 Å². The molecule has 1 aromatic heterocycles. The van der Waals surface area contributed by atoms with Crippen molar-refractivity contribution in [3.8, 4) is 0 Å². The number of hydrogen-bond donors (Lipinski definition) is 1. The van der Waals surface area contributed by atoms with Gasteiger partial charge in [-0.2, -0.15) is 5.10 Å². The smallest absolute Gasteiger partial charge is 0.271 e. The highest BCUT2D eigenvalue weighted by Crippen LogP contribution is 2.31. The van der Waals surface area contributed by atoms with Crippen LogP contribution in [0.1, 0.15) is 16.2 Å². The summed E-state index contributed by atoms with van der Waals surface area (Å²) >= 11 is 11.8. The first-order valence-corrected chi connectivity index (χ1v) is 6.39. The van der Waals surface area contributed by atoms with Gasteiger partial charge in [-0.05, 0) is 0 Å². The number of nitrogens with one attached hydrogen (secondary N) is 1. The Morgan fingerprint density at radius 3 is 2.76 bits per heavy atom. The summed E-state index contributed by atoms with van der Waals surface area (Å²) in [5, 5.41) is 17.0. The molecule has 1 amide bonds. The minimum atomic E-state index is -0.643. The van der Waals surface area contributed by atoms with E-state index in [0.29, 0.717) is 5.82 Å². The van der Waals surface area contributed by atoms with Crippen LogP contribution in [-0.4, -0.2) is 38.0 Å². The zero-order valence-electron chi connectivity index (χ0n) is 10.7. The Morgan fingerprint density at radius 2 is 2.19 bits per heavy atom. The van der Waals surface area contributed by atoms with E-state index in [0.717, 1.165) is 12.1 Å². The lowest BCUT2D eigenvalue weighted by atomic mass is 10.1. The molecule has 0 saturated carbocycles. The summed E-state index contributed by atoms with van der Waals surface area (Å²) in [6.07, 6.45) is 1.31. The Balaban J connectivity index is 2.31. The molecule has 2 rings (SSSR count). The van der Waals surface area contributed by atoms with E-state index in [-0.39, 0.29) is 27.8 Å². The minimum absolute atomic E-state index is 0.0308. The predicted octanol–water partition coefficient (Wildman–Crippen LogP) is 2.29. The van der Waals surface area contributed by atoms with E-state index in [1.807, 2.05) is 0 Å². The largest absolute Gasteiger partial charge is 0.334 e. The number of rotatable bonds is 4. The fraction of sp³-hybridized carbons (Fsp3) is 0.182. The summed E-state index contributed by atoms with van der Waals surface area (Å²) in [5.74, 6) is -0.0412. The fourth-order valence-corrected chi connectivity index (χ4v) is 2.05. The number of carbonyl (C=O) groups excluding carboxylic acids is 1. The topological polar surface area (TPSA) is 105 Å². The highest BCUT2D eigenvalue weighted by molar-refractivity contribution is 6.44. The number of non-ortho nitro benzene ring substituents is 1. The summed E-state index contributed by atoms with van der Waals surface area (Å²) in [7, 11) is 1.51. The second-order valence-electron chi connectivity index (χ2n) is 4.14. The zero-order valence-corrected chi connectivity index (χ0v) is 12.2. The number of halogens is 2. The fourth-order valence-electron chi connectivity index (χ4n) is 1.64. The van der Waals surface area contributed by atoms with E-state index in [9.17, 15) is 14.9 Å². The number of carbonyl (C=O) groups is 1. The van der Waals surface area contributed by atoms with E-state index in [4.69, 9.17) is 23.2 Å². The Labute approximate surface area is 128 Å². The highest BCUT2D eigenvalue weighted by atomic mass is 35.5.